The fraction of sp³-hybridized carbons (Fsp3) is 0.222. The number of amides is 2. The molecule has 126 valence electrons. The molecule has 0 radical (unpaired) electrons. The zero-order valence-electron chi connectivity index (χ0n) is 13.6. The Hall–Kier alpha value is -2.64. The van der Waals surface area contributed by atoms with Crippen LogP contribution >= 0.6 is 0 Å². The standard InChI is InChI=1S/C18H17BN2O4/c20-17(22)14-2-1-3-15-13(14)6-7-21(18(15)23)9-11-4-5-12-10-25-19(24)16(12)8-11/h1-5,8,24H,6-7,9-10H2,(H2,20,22). The number of fused-ring (bicyclic) bond motifs is 2. The Balaban J connectivity index is 1.60. The second-order valence-corrected chi connectivity index (χ2v) is 6.37. The second-order valence-electron chi connectivity index (χ2n) is 6.37. The van der Waals surface area contributed by atoms with Gasteiger partial charge in [0.25, 0.3) is 5.91 Å². The first-order chi connectivity index (χ1) is 12.0. The van der Waals surface area contributed by atoms with Crippen LogP contribution in [0.25, 0.3) is 0 Å². The van der Waals surface area contributed by atoms with Gasteiger partial charge in [-0.05, 0) is 40.7 Å². The van der Waals surface area contributed by atoms with Crippen LogP contribution in [-0.2, 0) is 24.2 Å². The quantitative estimate of drug-likeness (QED) is 0.784. The van der Waals surface area contributed by atoms with Gasteiger partial charge in [-0.15, -0.1) is 0 Å². The highest BCUT2D eigenvalue weighted by Crippen LogP contribution is 2.24. The van der Waals surface area contributed by atoms with Crippen LogP contribution in [0.15, 0.2) is 36.4 Å². The van der Waals surface area contributed by atoms with E-state index in [0.717, 1.165) is 22.2 Å². The maximum Gasteiger partial charge on any atom is 0.491 e. The summed E-state index contributed by atoms with van der Waals surface area (Å²) in [6, 6.07) is 10.8. The monoisotopic (exact) mass is 336 g/mol. The largest absolute Gasteiger partial charge is 0.491 e. The highest BCUT2D eigenvalue weighted by molar-refractivity contribution is 6.61. The van der Waals surface area contributed by atoms with Crippen molar-refractivity contribution in [3.63, 3.8) is 0 Å². The van der Waals surface area contributed by atoms with E-state index in [0.29, 0.717) is 37.2 Å². The average molecular weight is 336 g/mol. The Morgan fingerprint density at radius 3 is 2.96 bits per heavy atom. The van der Waals surface area contributed by atoms with Gasteiger partial charge in [0.15, 0.2) is 0 Å². The van der Waals surface area contributed by atoms with Gasteiger partial charge in [-0.2, -0.15) is 0 Å². The summed E-state index contributed by atoms with van der Waals surface area (Å²) in [5.41, 5.74) is 9.76. The fourth-order valence-corrected chi connectivity index (χ4v) is 3.54. The average Bonchev–Trinajstić information content (AvgIpc) is 2.98. The molecular formula is C18H17BN2O4. The molecule has 25 heavy (non-hydrogen) atoms. The number of rotatable bonds is 3. The number of primary amides is 1. The van der Waals surface area contributed by atoms with Crippen LogP contribution in [0.3, 0.4) is 0 Å². The number of carbonyl (C=O) groups is 2. The Kier molecular flexibility index (Phi) is 3.82. The predicted molar refractivity (Wildman–Crippen MR) is 92.2 cm³/mol. The lowest BCUT2D eigenvalue weighted by Gasteiger charge is -2.29. The van der Waals surface area contributed by atoms with Gasteiger partial charge in [-0.1, -0.05) is 24.3 Å². The highest BCUT2D eigenvalue weighted by atomic mass is 16.5. The number of hydrogen-bond acceptors (Lipinski definition) is 4. The minimum atomic E-state index is -0.897. The lowest BCUT2D eigenvalue weighted by Crippen LogP contribution is -2.38. The van der Waals surface area contributed by atoms with Crippen molar-refractivity contribution in [2.24, 2.45) is 5.73 Å². The molecule has 7 heteroatoms. The van der Waals surface area contributed by atoms with Crippen molar-refractivity contribution in [2.45, 2.75) is 19.6 Å². The van der Waals surface area contributed by atoms with Crippen LogP contribution in [0, 0.1) is 0 Å². The first-order valence-corrected chi connectivity index (χ1v) is 8.17. The maximum absolute atomic E-state index is 12.8. The van der Waals surface area contributed by atoms with Crippen molar-refractivity contribution in [3.8, 4) is 0 Å². The minimum Gasteiger partial charge on any atom is -0.423 e. The smallest absolute Gasteiger partial charge is 0.423 e. The molecule has 2 amide bonds. The van der Waals surface area contributed by atoms with Crippen molar-refractivity contribution in [1.29, 1.82) is 0 Å². The summed E-state index contributed by atoms with van der Waals surface area (Å²) in [7, 11) is -0.897. The summed E-state index contributed by atoms with van der Waals surface area (Å²) in [6.07, 6.45) is 0.594. The van der Waals surface area contributed by atoms with Crippen LogP contribution in [0.5, 0.6) is 0 Å². The van der Waals surface area contributed by atoms with Crippen LogP contribution in [-0.4, -0.2) is 35.4 Å². The highest BCUT2D eigenvalue weighted by Gasteiger charge is 2.29. The maximum atomic E-state index is 12.8. The van der Waals surface area contributed by atoms with Crippen molar-refractivity contribution < 1.29 is 19.3 Å². The van der Waals surface area contributed by atoms with Gasteiger partial charge in [0.2, 0.25) is 5.91 Å². The molecule has 4 rings (SSSR count). The molecule has 0 fully saturated rings. The van der Waals surface area contributed by atoms with Crippen molar-refractivity contribution in [2.75, 3.05) is 6.54 Å². The van der Waals surface area contributed by atoms with E-state index >= 15 is 0 Å². The summed E-state index contributed by atoms with van der Waals surface area (Å²) >= 11 is 0. The van der Waals surface area contributed by atoms with E-state index in [1.165, 1.54) is 0 Å². The SMILES string of the molecule is NC(=O)c1cccc2c1CCN(Cc1ccc3c(c1)B(O)OC3)C2=O. The predicted octanol–water partition coefficient (Wildman–Crippen LogP) is 0.202. The van der Waals surface area contributed by atoms with Crippen LogP contribution in [0.1, 0.15) is 37.4 Å². The van der Waals surface area contributed by atoms with E-state index in [1.54, 1.807) is 23.1 Å². The van der Waals surface area contributed by atoms with Gasteiger partial charge in [-0.25, -0.2) is 0 Å². The Bertz CT molecular complexity index is 883. The summed E-state index contributed by atoms with van der Waals surface area (Å²) in [6.45, 7) is 1.37. The molecule has 2 aromatic rings. The molecule has 0 aliphatic carbocycles. The lowest BCUT2D eigenvalue weighted by molar-refractivity contribution is 0.0726. The molecule has 2 heterocycles. The van der Waals surface area contributed by atoms with Gasteiger partial charge in [0.1, 0.15) is 0 Å². The van der Waals surface area contributed by atoms with E-state index in [4.69, 9.17) is 10.4 Å². The molecule has 0 aromatic heterocycles. The van der Waals surface area contributed by atoms with Gasteiger partial charge < -0.3 is 20.3 Å². The van der Waals surface area contributed by atoms with Crippen LogP contribution < -0.4 is 11.2 Å². The molecule has 0 unspecified atom stereocenters. The Morgan fingerprint density at radius 1 is 1.32 bits per heavy atom. The molecule has 0 atom stereocenters. The van der Waals surface area contributed by atoms with E-state index in [1.807, 2.05) is 18.2 Å². The van der Waals surface area contributed by atoms with Crippen molar-refractivity contribution in [3.05, 3.63) is 64.2 Å². The first kappa shape index (κ1) is 15.9. The molecule has 3 N–H and O–H groups in total. The molecular weight excluding hydrogens is 319 g/mol. The molecule has 0 saturated carbocycles. The molecule has 0 spiro atoms. The number of nitrogens with zero attached hydrogens (tertiary/aromatic N) is 1. The summed E-state index contributed by atoms with van der Waals surface area (Å²) in [5, 5.41) is 9.83. The number of hydrogen-bond donors (Lipinski definition) is 2. The second kappa shape index (κ2) is 6.02. The third-order valence-electron chi connectivity index (χ3n) is 4.84. The molecule has 2 aliphatic rings. The Morgan fingerprint density at radius 2 is 2.16 bits per heavy atom. The zero-order valence-corrected chi connectivity index (χ0v) is 13.6. The molecule has 6 nitrogen and oxygen atoms in total. The van der Waals surface area contributed by atoms with Gasteiger partial charge in [-0.3, -0.25) is 9.59 Å². The van der Waals surface area contributed by atoms with Gasteiger partial charge in [0, 0.05) is 24.2 Å². The van der Waals surface area contributed by atoms with Crippen LogP contribution in [0.2, 0.25) is 0 Å². The molecule has 0 bridgehead atoms. The minimum absolute atomic E-state index is 0.110. The van der Waals surface area contributed by atoms with Crippen molar-refractivity contribution in [1.82, 2.24) is 4.90 Å². The third-order valence-corrected chi connectivity index (χ3v) is 4.84. The van der Waals surface area contributed by atoms with Gasteiger partial charge in [0.05, 0.1) is 6.61 Å². The Labute approximate surface area is 145 Å². The fourth-order valence-electron chi connectivity index (χ4n) is 3.54. The lowest BCUT2D eigenvalue weighted by atomic mass is 9.79. The molecule has 2 aliphatic heterocycles. The summed E-state index contributed by atoms with van der Waals surface area (Å²) < 4.78 is 5.20. The first-order valence-electron chi connectivity index (χ1n) is 8.17. The van der Waals surface area contributed by atoms with E-state index in [2.05, 4.69) is 0 Å². The zero-order chi connectivity index (χ0) is 17.6. The number of benzene rings is 2. The normalized spacial score (nSPS) is 16.0. The van der Waals surface area contributed by atoms with Crippen LogP contribution in [0.4, 0.5) is 0 Å². The summed E-state index contributed by atoms with van der Waals surface area (Å²) in [4.78, 5) is 26.1. The van der Waals surface area contributed by atoms with E-state index in [-0.39, 0.29) is 5.91 Å². The number of nitrogens with two attached hydrogens (primary N) is 1. The van der Waals surface area contributed by atoms with Gasteiger partial charge >= 0.3 is 7.12 Å². The molecule has 2 aromatic carbocycles. The van der Waals surface area contributed by atoms with E-state index < -0.39 is 13.0 Å². The van der Waals surface area contributed by atoms with Crippen molar-refractivity contribution >= 4 is 24.4 Å². The summed E-state index contributed by atoms with van der Waals surface area (Å²) in [5.74, 6) is -0.618. The number of carbonyl (C=O) groups excluding carboxylic acids is 2. The topological polar surface area (TPSA) is 92.9 Å². The van der Waals surface area contributed by atoms with E-state index in [9.17, 15) is 14.6 Å². The molecule has 0 saturated heterocycles. The third kappa shape index (κ3) is 2.71.